The smallest absolute Gasteiger partial charge is 0.283 e. The molecule has 168 valence electrons. The van der Waals surface area contributed by atoms with E-state index in [0.29, 0.717) is 16.6 Å². The fourth-order valence-corrected chi connectivity index (χ4v) is 5.55. The highest BCUT2D eigenvalue weighted by atomic mass is 32.2. The van der Waals surface area contributed by atoms with Gasteiger partial charge in [0.2, 0.25) is 10.1 Å². The van der Waals surface area contributed by atoms with Crippen LogP contribution < -0.4 is 4.74 Å². The summed E-state index contributed by atoms with van der Waals surface area (Å²) in [7, 11) is 1.62. The number of nitrogens with one attached hydrogen (secondary N) is 1. The molecule has 0 fully saturated rings. The number of benzene rings is 1. The summed E-state index contributed by atoms with van der Waals surface area (Å²) >= 11 is 4.24. The van der Waals surface area contributed by atoms with Gasteiger partial charge < -0.3 is 4.74 Å². The molecule has 2 aliphatic rings. The third-order valence-electron chi connectivity index (χ3n) is 5.00. The molecule has 1 amide bonds. The van der Waals surface area contributed by atoms with Gasteiger partial charge in [-0.05, 0) is 48.4 Å². The summed E-state index contributed by atoms with van der Waals surface area (Å²) in [5.74, 6) is 0.479. The molecule has 5 rings (SSSR count). The van der Waals surface area contributed by atoms with Crippen LogP contribution in [0.25, 0.3) is 22.3 Å². The molecule has 2 aromatic heterocycles. The molecule has 0 radical (unpaired) electrons. The highest BCUT2D eigenvalue weighted by Crippen LogP contribution is 2.34. The molecule has 9 nitrogen and oxygen atoms in total. The van der Waals surface area contributed by atoms with Crippen molar-refractivity contribution in [3.8, 4) is 17.0 Å². The normalized spacial score (nSPS) is 17.2. The molecule has 0 bridgehead atoms. The molecule has 0 spiro atoms. The number of thioether (sulfide) groups is 2. The predicted molar refractivity (Wildman–Crippen MR) is 135 cm³/mol. The Labute approximate surface area is 202 Å². The van der Waals surface area contributed by atoms with E-state index in [1.54, 1.807) is 17.7 Å². The van der Waals surface area contributed by atoms with Crippen molar-refractivity contribution in [2.75, 3.05) is 13.4 Å². The molecule has 1 aromatic carbocycles. The Morgan fingerprint density at radius 3 is 2.67 bits per heavy atom. The number of ether oxygens (including phenoxy) is 1. The molecular formula is C21H19N7O2S3. The summed E-state index contributed by atoms with van der Waals surface area (Å²) in [5.41, 5.74) is 2.27. The van der Waals surface area contributed by atoms with Crippen LogP contribution >= 0.6 is 34.9 Å². The molecule has 2 aliphatic heterocycles. The number of rotatable bonds is 4. The second-order valence-electron chi connectivity index (χ2n) is 7.45. The van der Waals surface area contributed by atoms with E-state index in [4.69, 9.17) is 20.2 Å². The van der Waals surface area contributed by atoms with E-state index < -0.39 is 5.91 Å². The lowest BCUT2D eigenvalue weighted by atomic mass is 10.1. The van der Waals surface area contributed by atoms with E-state index in [0.717, 1.165) is 25.7 Å². The fraction of sp³-hybridized carbons (Fsp3) is 0.238. The van der Waals surface area contributed by atoms with Gasteiger partial charge in [0.1, 0.15) is 10.8 Å². The van der Waals surface area contributed by atoms with E-state index in [-0.39, 0.29) is 17.3 Å². The maximum Gasteiger partial charge on any atom is 0.283 e. The minimum atomic E-state index is -0.480. The predicted octanol–water partition coefficient (Wildman–Crippen LogP) is 4.53. The highest BCUT2D eigenvalue weighted by Gasteiger charge is 2.36. The number of carbonyl (C=O) groups is 1. The quantitative estimate of drug-likeness (QED) is 0.528. The van der Waals surface area contributed by atoms with Crippen molar-refractivity contribution in [1.29, 1.82) is 5.41 Å². The van der Waals surface area contributed by atoms with Gasteiger partial charge in [-0.1, -0.05) is 25.2 Å². The lowest BCUT2D eigenvalue weighted by Gasteiger charge is -2.20. The molecule has 0 atom stereocenters. The molecule has 4 heterocycles. The standard InChI is InChI=1S/C21H19N7O2S3/c1-10(2)18-25-27-14(15(23-19(27)32-18)11-5-7-12(30-3)8-6-11)9-13-16(22)28-20(24-17(13)29)33-21(26-28)31-4/h5-10,22H,1-4H3. The van der Waals surface area contributed by atoms with E-state index in [9.17, 15) is 4.79 Å². The van der Waals surface area contributed by atoms with Gasteiger partial charge >= 0.3 is 0 Å². The number of hydrazone groups is 1. The largest absolute Gasteiger partial charge is 0.497 e. The number of aromatic nitrogens is 3. The van der Waals surface area contributed by atoms with Crippen molar-refractivity contribution in [2.24, 2.45) is 10.1 Å². The Kier molecular flexibility index (Phi) is 5.59. The average Bonchev–Trinajstić information content (AvgIpc) is 3.50. The average molecular weight is 498 g/mol. The zero-order valence-corrected chi connectivity index (χ0v) is 20.6. The molecule has 0 saturated heterocycles. The zero-order valence-electron chi connectivity index (χ0n) is 18.2. The Morgan fingerprint density at radius 1 is 1.24 bits per heavy atom. The van der Waals surface area contributed by atoms with Gasteiger partial charge in [-0.3, -0.25) is 10.2 Å². The Hall–Kier alpha value is -2.96. The highest BCUT2D eigenvalue weighted by molar-refractivity contribution is 8.45. The number of carbonyl (C=O) groups excluding carboxylic acids is 1. The molecule has 33 heavy (non-hydrogen) atoms. The van der Waals surface area contributed by atoms with Gasteiger partial charge in [-0.25, -0.2) is 9.50 Å². The third kappa shape index (κ3) is 3.77. The van der Waals surface area contributed by atoms with Gasteiger partial charge in [0, 0.05) is 11.5 Å². The topological polar surface area (TPSA) is 108 Å². The van der Waals surface area contributed by atoms with Crippen molar-refractivity contribution in [3.05, 3.63) is 40.5 Å². The van der Waals surface area contributed by atoms with E-state index in [1.165, 1.54) is 39.9 Å². The van der Waals surface area contributed by atoms with Gasteiger partial charge in [-0.15, -0.1) is 16.9 Å². The summed E-state index contributed by atoms with van der Waals surface area (Å²) in [4.78, 5) is 22.6. The lowest BCUT2D eigenvalue weighted by Crippen LogP contribution is -2.35. The number of hydrogen-bond donors (Lipinski definition) is 1. The van der Waals surface area contributed by atoms with Crippen LogP contribution in [-0.4, -0.2) is 54.3 Å². The van der Waals surface area contributed by atoms with E-state index >= 15 is 0 Å². The van der Waals surface area contributed by atoms with Gasteiger partial charge in [0.15, 0.2) is 10.2 Å². The Bertz CT molecular complexity index is 1380. The number of hydrogen-bond acceptors (Lipinski definition) is 9. The van der Waals surface area contributed by atoms with Gasteiger partial charge in [-0.2, -0.15) is 15.1 Å². The first-order valence-corrected chi connectivity index (χ1v) is 12.8. The van der Waals surface area contributed by atoms with Crippen LogP contribution in [-0.2, 0) is 4.79 Å². The summed E-state index contributed by atoms with van der Waals surface area (Å²) < 4.78 is 7.75. The van der Waals surface area contributed by atoms with Crippen LogP contribution in [0.15, 0.2) is 39.9 Å². The minimum absolute atomic E-state index is 0.0171. The van der Waals surface area contributed by atoms with Gasteiger partial charge in [0.05, 0.1) is 24.1 Å². The number of methoxy groups -OCH3 is 1. The maximum absolute atomic E-state index is 12.9. The minimum Gasteiger partial charge on any atom is -0.497 e. The summed E-state index contributed by atoms with van der Waals surface area (Å²) in [6.45, 7) is 4.15. The van der Waals surface area contributed by atoms with Crippen molar-refractivity contribution in [1.82, 2.24) is 19.6 Å². The Morgan fingerprint density at radius 2 is 2.00 bits per heavy atom. The molecular weight excluding hydrogens is 478 g/mol. The number of nitrogens with zero attached hydrogens (tertiary/aromatic N) is 6. The second-order valence-corrected chi connectivity index (χ2v) is 10.5. The molecule has 1 N–H and O–H groups in total. The number of amidine groups is 2. The molecule has 0 saturated carbocycles. The van der Waals surface area contributed by atoms with Crippen LogP contribution in [0.4, 0.5) is 0 Å². The van der Waals surface area contributed by atoms with Crippen molar-refractivity contribution in [2.45, 2.75) is 19.8 Å². The first kappa shape index (κ1) is 21.9. The lowest BCUT2D eigenvalue weighted by molar-refractivity contribution is -0.114. The first-order valence-electron chi connectivity index (χ1n) is 9.97. The molecule has 0 unspecified atom stereocenters. The SMILES string of the molecule is COc1ccc(-c2nc3sc(C(C)C)nn3c2C=C2C(=N)N3N=C(SC)SC3=NC2=O)cc1. The zero-order chi connectivity index (χ0) is 23.3. The molecule has 3 aromatic rings. The number of imidazole rings is 1. The number of aliphatic imine (C=N–C) groups is 1. The van der Waals surface area contributed by atoms with Crippen LogP contribution in [0, 0.1) is 5.41 Å². The van der Waals surface area contributed by atoms with Gasteiger partial charge in [0.25, 0.3) is 5.91 Å². The summed E-state index contributed by atoms with van der Waals surface area (Å²) in [5, 5.41) is 20.5. The van der Waals surface area contributed by atoms with Crippen LogP contribution in [0.3, 0.4) is 0 Å². The van der Waals surface area contributed by atoms with Crippen LogP contribution in [0.2, 0.25) is 0 Å². The Balaban J connectivity index is 1.67. The first-order chi connectivity index (χ1) is 15.9. The maximum atomic E-state index is 12.9. The monoisotopic (exact) mass is 497 g/mol. The second kappa shape index (κ2) is 8.43. The van der Waals surface area contributed by atoms with Crippen molar-refractivity contribution in [3.63, 3.8) is 0 Å². The molecule has 12 heteroatoms. The van der Waals surface area contributed by atoms with Crippen molar-refractivity contribution < 1.29 is 9.53 Å². The fourth-order valence-electron chi connectivity index (χ4n) is 3.30. The van der Waals surface area contributed by atoms with Crippen molar-refractivity contribution >= 4 is 67.2 Å². The third-order valence-corrected chi connectivity index (χ3v) is 8.10. The van der Waals surface area contributed by atoms with E-state index in [2.05, 4.69) is 23.9 Å². The van der Waals surface area contributed by atoms with Crippen LogP contribution in [0.1, 0.15) is 30.5 Å². The number of amides is 1. The molecule has 0 aliphatic carbocycles. The van der Waals surface area contributed by atoms with E-state index in [1.807, 2.05) is 30.5 Å². The summed E-state index contributed by atoms with van der Waals surface area (Å²) in [6, 6.07) is 7.54. The number of fused-ring (bicyclic) bond motifs is 2. The van der Waals surface area contributed by atoms with Crippen LogP contribution in [0.5, 0.6) is 5.75 Å². The summed E-state index contributed by atoms with van der Waals surface area (Å²) in [6.07, 6.45) is 3.54.